The number of amides is 2. The zero-order chi connectivity index (χ0) is 19.4. The van der Waals surface area contributed by atoms with Crippen LogP contribution in [0.1, 0.15) is 26.3 Å². The van der Waals surface area contributed by atoms with Crippen LogP contribution < -0.4 is 10.6 Å². The second-order valence-electron chi connectivity index (χ2n) is 5.98. The molecule has 0 heterocycles. The van der Waals surface area contributed by atoms with Crippen molar-refractivity contribution in [1.29, 1.82) is 0 Å². The van der Waals surface area contributed by atoms with Gasteiger partial charge in [-0.3, -0.25) is 9.59 Å². The van der Waals surface area contributed by atoms with Gasteiger partial charge in [-0.05, 0) is 61.5 Å². The van der Waals surface area contributed by atoms with E-state index in [1.165, 1.54) is 18.2 Å². The zero-order valence-electron chi connectivity index (χ0n) is 14.4. The fourth-order valence-corrected chi connectivity index (χ4v) is 2.57. The van der Waals surface area contributed by atoms with Crippen molar-refractivity contribution < 1.29 is 14.0 Å². The van der Waals surface area contributed by atoms with Crippen molar-refractivity contribution in [1.82, 2.24) is 0 Å². The summed E-state index contributed by atoms with van der Waals surface area (Å²) in [6.07, 6.45) is 0. The molecule has 0 aliphatic carbocycles. The molecule has 0 aromatic heterocycles. The summed E-state index contributed by atoms with van der Waals surface area (Å²) < 4.78 is 13.2. The molecule has 0 bridgehead atoms. The van der Waals surface area contributed by atoms with E-state index >= 15 is 0 Å². The van der Waals surface area contributed by atoms with Gasteiger partial charge in [0.05, 0.1) is 5.02 Å². The molecule has 0 unspecified atom stereocenters. The normalized spacial score (nSPS) is 10.3. The molecule has 0 fully saturated rings. The van der Waals surface area contributed by atoms with Gasteiger partial charge in [0.15, 0.2) is 0 Å². The van der Waals surface area contributed by atoms with Gasteiger partial charge >= 0.3 is 0 Å². The Balaban J connectivity index is 1.66. The molecule has 0 saturated carbocycles. The Morgan fingerprint density at radius 2 is 1.26 bits per heavy atom. The van der Waals surface area contributed by atoms with Crippen LogP contribution in [0.4, 0.5) is 15.8 Å². The van der Waals surface area contributed by atoms with E-state index in [4.69, 9.17) is 11.6 Å². The lowest BCUT2D eigenvalue weighted by atomic mass is 10.1. The first-order chi connectivity index (χ1) is 12.9. The van der Waals surface area contributed by atoms with Gasteiger partial charge in [0.1, 0.15) is 5.82 Å². The van der Waals surface area contributed by atoms with E-state index in [0.29, 0.717) is 22.5 Å². The summed E-state index contributed by atoms with van der Waals surface area (Å²) in [7, 11) is 0. The first-order valence-corrected chi connectivity index (χ1v) is 8.54. The Morgan fingerprint density at radius 1 is 0.778 bits per heavy atom. The predicted octanol–water partition coefficient (Wildman–Crippen LogP) is 5.29. The van der Waals surface area contributed by atoms with Crippen LogP contribution in [0.5, 0.6) is 0 Å². The van der Waals surface area contributed by atoms with E-state index in [9.17, 15) is 14.0 Å². The van der Waals surface area contributed by atoms with Crippen LogP contribution in [0.3, 0.4) is 0 Å². The minimum absolute atomic E-state index is 0.0732. The maximum Gasteiger partial charge on any atom is 0.255 e. The van der Waals surface area contributed by atoms with E-state index < -0.39 is 5.82 Å². The average Bonchev–Trinajstić information content (AvgIpc) is 2.66. The summed E-state index contributed by atoms with van der Waals surface area (Å²) in [6, 6.07) is 17.6. The van der Waals surface area contributed by atoms with Crippen LogP contribution in [0.2, 0.25) is 5.02 Å². The van der Waals surface area contributed by atoms with Crippen LogP contribution in [-0.2, 0) is 0 Å². The molecular formula is C21H16ClFN2O2. The molecule has 0 saturated heterocycles. The fraction of sp³-hybridized carbons (Fsp3) is 0.0476. The number of anilines is 2. The van der Waals surface area contributed by atoms with Crippen LogP contribution in [0, 0.1) is 12.7 Å². The van der Waals surface area contributed by atoms with Crippen molar-refractivity contribution in [3.05, 3.63) is 94.3 Å². The molecule has 3 aromatic carbocycles. The van der Waals surface area contributed by atoms with Gasteiger partial charge in [-0.1, -0.05) is 29.3 Å². The van der Waals surface area contributed by atoms with Crippen molar-refractivity contribution in [2.75, 3.05) is 10.6 Å². The van der Waals surface area contributed by atoms with Gasteiger partial charge in [0, 0.05) is 22.5 Å². The topological polar surface area (TPSA) is 58.2 Å². The molecule has 136 valence electrons. The van der Waals surface area contributed by atoms with Crippen LogP contribution in [0.15, 0.2) is 66.7 Å². The highest BCUT2D eigenvalue weighted by Gasteiger charge is 2.10. The lowest BCUT2D eigenvalue weighted by Crippen LogP contribution is -2.14. The largest absolute Gasteiger partial charge is 0.322 e. The smallest absolute Gasteiger partial charge is 0.255 e. The maximum absolute atomic E-state index is 13.2. The highest BCUT2D eigenvalue weighted by Crippen LogP contribution is 2.20. The third-order valence-corrected chi connectivity index (χ3v) is 4.19. The molecule has 6 heteroatoms. The Kier molecular flexibility index (Phi) is 5.52. The van der Waals surface area contributed by atoms with Gasteiger partial charge in [0.2, 0.25) is 0 Å². The van der Waals surface area contributed by atoms with Crippen molar-refractivity contribution in [3.63, 3.8) is 0 Å². The Bertz CT molecular complexity index is 986. The number of rotatable bonds is 4. The second-order valence-corrected chi connectivity index (χ2v) is 6.39. The molecule has 3 rings (SSSR count). The summed E-state index contributed by atoms with van der Waals surface area (Å²) in [5.41, 5.74) is 2.97. The molecule has 4 nitrogen and oxygen atoms in total. The van der Waals surface area contributed by atoms with E-state index in [2.05, 4.69) is 10.6 Å². The zero-order valence-corrected chi connectivity index (χ0v) is 15.2. The molecule has 0 aliphatic heterocycles. The number of benzene rings is 3. The molecule has 0 aliphatic rings. The summed E-state index contributed by atoms with van der Waals surface area (Å²) in [5, 5.41) is 5.35. The number of carbonyl (C=O) groups is 2. The molecule has 2 amide bonds. The van der Waals surface area contributed by atoms with E-state index in [-0.39, 0.29) is 16.8 Å². The second kappa shape index (κ2) is 8.01. The lowest BCUT2D eigenvalue weighted by Gasteiger charge is -2.08. The van der Waals surface area contributed by atoms with Crippen LogP contribution in [-0.4, -0.2) is 11.8 Å². The Hall–Kier alpha value is -3.18. The van der Waals surface area contributed by atoms with E-state index in [1.54, 1.807) is 24.3 Å². The number of nitrogens with one attached hydrogen (secondary N) is 2. The predicted molar refractivity (Wildman–Crippen MR) is 105 cm³/mol. The van der Waals surface area contributed by atoms with Gasteiger partial charge in [0.25, 0.3) is 11.8 Å². The minimum atomic E-state index is -0.557. The number of aryl methyl sites for hydroxylation is 1. The molecular weight excluding hydrogens is 367 g/mol. The highest BCUT2D eigenvalue weighted by atomic mass is 35.5. The van der Waals surface area contributed by atoms with Crippen molar-refractivity contribution in [2.45, 2.75) is 6.92 Å². The van der Waals surface area contributed by atoms with Crippen LogP contribution >= 0.6 is 11.6 Å². The number of halogens is 2. The minimum Gasteiger partial charge on any atom is -0.322 e. The van der Waals surface area contributed by atoms with E-state index in [1.807, 2.05) is 31.2 Å². The summed E-state index contributed by atoms with van der Waals surface area (Å²) >= 11 is 5.70. The summed E-state index contributed by atoms with van der Waals surface area (Å²) in [6.45, 7) is 1.97. The van der Waals surface area contributed by atoms with Gasteiger partial charge in [-0.25, -0.2) is 4.39 Å². The molecule has 2 N–H and O–H groups in total. The number of hydrogen-bond acceptors (Lipinski definition) is 2. The van der Waals surface area contributed by atoms with E-state index in [0.717, 1.165) is 5.56 Å². The number of carbonyl (C=O) groups excluding carboxylic acids is 2. The maximum atomic E-state index is 13.2. The lowest BCUT2D eigenvalue weighted by molar-refractivity contribution is 0.101. The molecule has 27 heavy (non-hydrogen) atoms. The molecule has 0 atom stereocenters. The quantitative estimate of drug-likeness (QED) is 0.644. The summed E-state index contributed by atoms with van der Waals surface area (Å²) in [5.74, 6) is -1.21. The molecule has 0 spiro atoms. The Morgan fingerprint density at radius 3 is 1.78 bits per heavy atom. The average molecular weight is 383 g/mol. The Labute approximate surface area is 161 Å². The third-order valence-electron chi connectivity index (χ3n) is 3.90. The summed E-state index contributed by atoms with van der Waals surface area (Å²) in [4.78, 5) is 24.5. The molecule has 3 aromatic rings. The highest BCUT2D eigenvalue weighted by molar-refractivity contribution is 6.31. The first-order valence-electron chi connectivity index (χ1n) is 8.17. The number of hydrogen-bond donors (Lipinski definition) is 2. The van der Waals surface area contributed by atoms with Crippen LogP contribution in [0.25, 0.3) is 0 Å². The van der Waals surface area contributed by atoms with Gasteiger partial charge < -0.3 is 10.6 Å². The fourth-order valence-electron chi connectivity index (χ4n) is 2.39. The first kappa shape index (κ1) is 18.6. The van der Waals surface area contributed by atoms with Gasteiger partial charge in [-0.15, -0.1) is 0 Å². The van der Waals surface area contributed by atoms with Gasteiger partial charge in [-0.2, -0.15) is 0 Å². The van der Waals surface area contributed by atoms with Crippen molar-refractivity contribution in [3.8, 4) is 0 Å². The SMILES string of the molecule is Cc1ccc(NC(=O)c2ccc(C(=O)Nc3ccc(F)c(Cl)c3)cc2)cc1. The van der Waals surface area contributed by atoms with Crippen molar-refractivity contribution >= 4 is 34.8 Å². The van der Waals surface area contributed by atoms with Crippen molar-refractivity contribution in [2.24, 2.45) is 0 Å². The third kappa shape index (κ3) is 4.71. The standard InChI is InChI=1S/C21H16ClFN2O2/c1-13-2-8-16(9-3-13)24-20(26)14-4-6-15(7-5-14)21(27)25-17-10-11-19(23)18(22)12-17/h2-12H,1H3,(H,24,26)(H,25,27). The monoisotopic (exact) mass is 382 g/mol. The molecule has 0 radical (unpaired) electrons.